The zero-order valence-electron chi connectivity index (χ0n) is 15.7. The fraction of sp³-hybridized carbons (Fsp3) is 0.238. The Balaban J connectivity index is 1.65. The molecule has 2 aromatic heterocycles. The number of primary amides is 1. The molecule has 0 spiro atoms. The van der Waals surface area contributed by atoms with Crippen LogP contribution in [0.5, 0.6) is 0 Å². The Morgan fingerprint density at radius 3 is 2.48 bits per heavy atom. The predicted octanol–water partition coefficient (Wildman–Crippen LogP) is 3.24. The van der Waals surface area contributed by atoms with Crippen LogP contribution in [0.2, 0.25) is 0 Å². The summed E-state index contributed by atoms with van der Waals surface area (Å²) >= 11 is 0. The van der Waals surface area contributed by atoms with Crippen LogP contribution in [0.25, 0.3) is 11.1 Å². The standard InChI is InChI=1S/C21H19F2N5O/c1-28(21(9-16(22)10-21)18-17(23)6-3-7-25-18)20-26-11-15(12-27-20)13-4-2-5-14(8-13)19(24)29/h2-8,11-12,16H,9-10H2,1H3,(H2,24,29)/t16-,21-. The summed E-state index contributed by atoms with van der Waals surface area (Å²) < 4.78 is 28.2. The van der Waals surface area contributed by atoms with Crippen molar-refractivity contribution in [3.63, 3.8) is 0 Å². The minimum absolute atomic E-state index is 0.114. The number of pyridine rings is 1. The van der Waals surface area contributed by atoms with Gasteiger partial charge in [-0.3, -0.25) is 9.78 Å². The highest BCUT2D eigenvalue weighted by Crippen LogP contribution is 2.48. The first-order valence-electron chi connectivity index (χ1n) is 9.12. The number of aromatic nitrogens is 3. The molecule has 1 saturated carbocycles. The molecule has 2 N–H and O–H groups in total. The fourth-order valence-electron chi connectivity index (χ4n) is 3.71. The van der Waals surface area contributed by atoms with E-state index in [0.717, 1.165) is 5.56 Å². The summed E-state index contributed by atoms with van der Waals surface area (Å²) in [5.41, 5.74) is 6.41. The van der Waals surface area contributed by atoms with E-state index in [9.17, 15) is 13.6 Å². The largest absolute Gasteiger partial charge is 0.366 e. The topological polar surface area (TPSA) is 85.0 Å². The average Bonchev–Trinajstić information content (AvgIpc) is 2.71. The minimum atomic E-state index is -1.03. The summed E-state index contributed by atoms with van der Waals surface area (Å²) in [4.78, 5) is 26.0. The molecule has 148 valence electrons. The van der Waals surface area contributed by atoms with Crippen molar-refractivity contribution in [2.45, 2.75) is 24.6 Å². The maximum Gasteiger partial charge on any atom is 0.248 e. The SMILES string of the molecule is CN(c1ncc(-c2cccc(C(N)=O)c2)cn1)[C@]1(c2ncccc2F)C[C@@H](F)C1. The number of carbonyl (C=O) groups is 1. The van der Waals surface area contributed by atoms with E-state index in [1.807, 2.05) is 6.07 Å². The van der Waals surface area contributed by atoms with Crippen molar-refractivity contribution in [3.8, 4) is 11.1 Å². The summed E-state index contributed by atoms with van der Waals surface area (Å²) in [5.74, 6) is -0.669. The van der Waals surface area contributed by atoms with Crippen LogP contribution in [0.4, 0.5) is 14.7 Å². The van der Waals surface area contributed by atoms with Crippen LogP contribution in [-0.4, -0.2) is 34.1 Å². The molecule has 1 fully saturated rings. The van der Waals surface area contributed by atoms with Gasteiger partial charge in [0.15, 0.2) is 0 Å². The molecule has 4 rings (SSSR count). The first kappa shape index (κ1) is 18.9. The number of nitrogens with two attached hydrogens (primary N) is 1. The number of hydrogen-bond donors (Lipinski definition) is 1. The summed E-state index contributed by atoms with van der Waals surface area (Å²) in [6.45, 7) is 0. The molecule has 1 aromatic carbocycles. The first-order valence-corrected chi connectivity index (χ1v) is 9.12. The lowest BCUT2D eigenvalue weighted by atomic mass is 9.71. The molecule has 0 saturated heterocycles. The second-order valence-corrected chi connectivity index (χ2v) is 7.15. The van der Waals surface area contributed by atoms with Crippen LogP contribution >= 0.6 is 0 Å². The molecule has 1 amide bonds. The summed E-state index contributed by atoms with van der Waals surface area (Å²) in [7, 11) is 1.71. The second kappa shape index (κ2) is 7.20. The molecule has 1 aliphatic carbocycles. The normalized spacial score (nSPS) is 20.7. The van der Waals surface area contributed by atoms with Gasteiger partial charge in [-0.1, -0.05) is 12.1 Å². The van der Waals surface area contributed by atoms with Gasteiger partial charge < -0.3 is 10.6 Å². The molecule has 2 heterocycles. The van der Waals surface area contributed by atoms with Crippen molar-refractivity contribution in [2.24, 2.45) is 5.73 Å². The third-order valence-corrected chi connectivity index (χ3v) is 5.38. The first-order chi connectivity index (χ1) is 13.9. The lowest BCUT2D eigenvalue weighted by Gasteiger charge is -2.49. The lowest BCUT2D eigenvalue weighted by molar-refractivity contribution is 0.0860. The van der Waals surface area contributed by atoms with E-state index in [2.05, 4.69) is 15.0 Å². The number of halogens is 2. The maximum atomic E-state index is 14.4. The molecule has 1 aliphatic rings. The van der Waals surface area contributed by atoms with Crippen molar-refractivity contribution in [3.05, 3.63) is 72.1 Å². The van der Waals surface area contributed by atoms with E-state index >= 15 is 0 Å². The van der Waals surface area contributed by atoms with Gasteiger partial charge in [0.25, 0.3) is 0 Å². The molecule has 3 aromatic rings. The molecule has 8 heteroatoms. The number of amides is 1. The van der Waals surface area contributed by atoms with E-state index in [-0.39, 0.29) is 18.5 Å². The summed E-state index contributed by atoms with van der Waals surface area (Å²) in [5, 5.41) is 0. The molecule has 0 unspecified atom stereocenters. The van der Waals surface area contributed by atoms with Gasteiger partial charge in [-0.2, -0.15) is 0 Å². The highest BCUT2D eigenvalue weighted by atomic mass is 19.1. The van der Waals surface area contributed by atoms with Gasteiger partial charge in [0.2, 0.25) is 11.9 Å². The second-order valence-electron chi connectivity index (χ2n) is 7.15. The maximum absolute atomic E-state index is 14.4. The van der Waals surface area contributed by atoms with Gasteiger partial charge in [-0.05, 0) is 29.8 Å². The zero-order valence-corrected chi connectivity index (χ0v) is 15.7. The third kappa shape index (κ3) is 3.30. The van der Waals surface area contributed by atoms with Crippen molar-refractivity contribution >= 4 is 11.9 Å². The van der Waals surface area contributed by atoms with Crippen molar-refractivity contribution in [2.75, 3.05) is 11.9 Å². The Morgan fingerprint density at radius 2 is 1.86 bits per heavy atom. The Morgan fingerprint density at radius 1 is 1.14 bits per heavy atom. The minimum Gasteiger partial charge on any atom is -0.366 e. The Kier molecular flexibility index (Phi) is 4.70. The Hall–Kier alpha value is -3.42. The molecule has 0 atom stereocenters. The lowest BCUT2D eigenvalue weighted by Crippen LogP contribution is -2.56. The number of rotatable bonds is 5. The molecular weight excluding hydrogens is 376 g/mol. The van der Waals surface area contributed by atoms with Crippen LogP contribution in [0.15, 0.2) is 55.0 Å². The molecule has 0 bridgehead atoms. The van der Waals surface area contributed by atoms with Crippen LogP contribution in [0.1, 0.15) is 28.9 Å². The third-order valence-electron chi connectivity index (χ3n) is 5.38. The number of hydrogen-bond acceptors (Lipinski definition) is 5. The van der Waals surface area contributed by atoms with Gasteiger partial charge in [0.05, 0.1) is 5.54 Å². The number of nitrogens with zero attached hydrogens (tertiary/aromatic N) is 4. The molecule has 0 aliphatic heterocycles. The summed E-state index contributed by atoms with van der Waals surface area (Å²) in [6, 6.07) is 9.66. The van der Waals surface area contributed by atoms with Crippen molar-refractivity contribution in [1.82, 2.24) is 15.0 Å². The predicted molar refractivity (Wildman–Crippen MR) is 104 cm³/mol. The van der Waals surface area contributed by atoms with Gasteiger partial charge in [0.1, 0.15) is 17.7 Å². The molecule has 0 radical (unpaired) electrons. The number of carbonyl (C=O) groups excluding carboxylic acids is 1. The van der Waals surface area contributed by atoms with Crippen molar-refractivity contribution in [1.29, 1.82) is 0 Å². The van der Waals surface area contributed by atoms with E-state index in [1.165, 1.54) is 18.3 Å². The average molecular weight is 395 g/mol. The molecule has 6 nitrogen and oxygen atoms in total. The zero-order chi connectivity index (χ0) is 20.6. The number of alkyl halides is 1. The highest BCUT2D eigenvalue weighted by molar-refractivity contribution is 5.94. The Labute approximate surface area is 166 Å². The van der Waals surface area contributed by atoms with Crippen LogP contribution in [-0.2, 0) is 5.54 Å². The van der Waals surface area contributed by atoms with E-state index in [1.54, 1.807) is 42.5 Å². The number of anilines is 1. The summed E-state index contributed by atoms with van der Waals surface area (Å²) in [6.07, 6.45) is 3.90. The van der Waals surface area contributed by atoms with Crippen LogP contribution in [0.3, 0.4) is 0 Å². The van der Waals surface area contributed by atoms with Gasteiger partial charge in [-0.15, -0.1) is 0 Å². The van der Waals surface area contributed by atoms with Crippen LogP contribution < -0.4 is 10.6 Å². The van der Waals surface area contributed by atoms with E-state index in [4.69, 9.17) is 5.73 Å². The molecular formula is C21H19F2N5O. The van der Waals surface area contributed by atoms with Gasteiger partial charge in [0, 0.05) is 49.6 Å². The quantitative estimate of drug-likeness (QED) is 0.717. The van der Waals surface area contributed by atoms with Gasteiger partial charge >= 0.3 is 0 Å². The monoisotopic (exact) mass is 395 g/mol. The molecule has 29 heavy (non-hydrogen) atoms. The highest BCUT2D eigenvalue weighted by Gasteiger charge is 2.52. The van der Waals surface area contributed by atoms with Crippen LogP contribution in [0, 0.1) is 5.82 Å². The smallest absolute Gasteiger partial charge is 0.248 e. The van der Waals surface area contributed by atoms with E-state index < -0.39 is 23.4 Å². The van der Waals surface area contributed by atoms with Crippen molar-refractivity contribution < 1.29 is 13.6 Å². The fourth-order valence-corrected chi connectivity index (χ4v) is 3.71. The Bertz CT molecular complexity index is 1050. The van der Waals surface area contributed by atoms with E-state index in [0.29, 0.717) is 17.1 Å². The number of benzene rings is 1. The van der Waals surface area contributed by atoms with Gasteiger partial charge in [-0.25, -0.2) is 18.7 Å².